The van der Waals surface area contributed by atoms with E-state index in [0.717, 1.165) is 46.8 Å². The molecule has 0 unspecified atom stereocenters. The van der Waals surface area contributed by atoms with Gasteiger partial charge in [-0.15, -0.1) is 0 Å². The number of ketones is 2. The minimum Gasteiger partial charge on any atom is -0.462 e. The molecule has 6 rings (SSSR count). The molecule has 3 aromatic carbocycles. The van der Waals surface area contributed by atoms with Crippen LogP contribution in [0.5, 0.6) is 17.2 Å². The second kappa shape index (κ2) is 22.7. The second-order valence-electron chi connectivity index (χ2n) is 15.4. The van der Waals surface area contributed by atoms with Gasteiger partial charge < -0.3 is 23.7 Å². The highest BCUT2D eigenvalue weighted by atomic mass is 32.2. The van der Waals surface area contributed by atoms with Gasteiger partial charge in [-0.1, -0.05) is 73.1 Å². The molecule has 65 heavy (non-hydrogen) atoms. The average molecular weight is 917 g/mol. The first-order valence-electron chi connectivity index (χ1n) is 21.0. The Balaban J connectivity index is 1.01. The zero-order valence-corrected chi connectivity index (χ0v) is 36.9. The van der Waals surface area contributed by atoms with Crippen LogP contribution in [-0.2, 0) is 51.1 Å². The molecular formula is C49H44N2O12S2. The molecule has 1 aliphatic heterocycles. The third-order valence-electron chi connectivity index (χ3n) is 11.3. The number of fused-ring (bicyclic) bond motifs is 1. The minimum atomic E-state index is -0.611. The standard InChI is InChI=1S/C49H44N2O12S2/c1-3-40(52)59-25-23-29-5-9-31(10-6-29)42(54)43(55)32-11-13-34(14-12-32)47(57)62-38-21-22-39(45-44(38)64-49(65-45)36(27-50)28-51)63-48(58)35-17-15-33(16-18-35)46(56)61-37-19-7-30(8-20-37)24-26-60-41(53)4-2/h3-10,19-22,32-35H,1-2,11-18,23-26H2/t32-,33-,34-,35-. The highest BCUT2D eigenvalue weighted by Crippen LogP contribution is 2.59. The van der Waals surface area contributed by atoms with Crippen molar-refractivity contribution >= 4 is 64.9 Å². The molecule has 0 amide bonds. The van der Waals surface area contributed by atoms with Crippen LogP contribution in [0.25, 0.3) is 0 Å². The summed E-state index contributed by atoms with van der Waals surface area (Å²) in [7, 11) is 0. The molecule has 0 spiro atoms. The third kappa shape index (κ3) is 12.5. The number of carbonyl (C=O) groups excluding carboxylic acids is 7. The molecule has 14 nitrogen and oxygen atoms in total. The Kier molecular flexibility index (Phi) is 16.7. The number of benzene rings is 3. The van der Waals surface area contributed by atoms with Crippen molar-refractivity contribution < 1.29 is 57.2 Å². The van der Waals surface area contributed by atoms with Crippen LogP contribution in [0.1, 0.15) is 72.9 Å². The first-order valence-corrected chi connectivity index (χ1v) is 22.6. The van der Waals surface area contributed by atoms with Crippen LogP contribution in [0.15, 0.2) is 106 Å². The predicted octanol–water partition coefficient (Wildman–Crippen LogP) is 8.17. The van der Waals surface area contributed by atoms with Crippen LogP contribution in [0.3, 0.4) is 0 Å². The van der Waals surface area contributed by atoms with Gasteiger partial charge in [-0.25, -0.2) is 9.59 Å². The lowest BCUT2D eigenvalue weighted by Gasteiger charge is -2.26. The van der Waals surface area contributed by atoms with Crippen LogP contribution in [0.4, 0.5) is 0 Å². The maximum atomic E-state index is 13.5. The molecule has 3 aliphatic rings. The number of thioether (sulfide) groups is 2. The van der Waals surface area contributed by atoms with Crippen molar-refractivity contribution in [2.24, 2.45) is 23.7 Å². The highest BCUT2D eigenvalue weighted by molar-refractivity contribution is 8.24. The maximum Gasteiger partial charge on any atom is 0.330 e. The molecule has 0 bridgehead atoms. The van der Waals surface area contributed by atoms with E-state index in [2.05, 4.69) is 13.2 Å². The summed E-state index contributed by atoms with van der Waals surface area (Å²) in [6.07, 6.45) is 5.92. The first-order chi connectivity index (χ1) is 31.4. The molecule has 3 aromatic rings. The summed E-state index contributed by atoms with van der Waals surface area (Å²) in [6.45, 7) is 7.06. The molecule has 1 heterocycles. The van der Waals surface area contributed by atoms with Gasteiger partial charge in [-0.2, -0.15) is 10.5 Å². The van der Waals surface area contributed by atoms with Crippen molar-refractivity contribution in [3.05, 3.63) is 112 Å². The number of hydrogen-bond acceptors (Lipinski definition) is 16. The van der Waals surface area contributed by atoms with Crippen molar-refractivity contribution in [2.75, 3.05) is 13.2 Å². The maximum absolute atomic E-state index is 13.5. The Morgan fingerprint density at radius 1 is 0.569 bits per heavy atom. The zero-order valence-electron chi connectivity index (χ0n) is 35.2. The van der Waals surface area contributed by atoms with Gasteiger partial charge in [0.2, 0.25) is 11.6 Å². The van der Waals surface area contributed by atoms with Crippen molar-refractivity contribution in [3.8, 4) is 29.4 Å². The van der Waals surface area contributed by atoms with Gasteiger partial charge in [0.1, 0.15) is 35.0 Å². The fraction of sp³-hybridized carbons (Fsp3) is 0.327. The number of Topliss-reactive ketones (excluding diaryl/α,β-unsaturated/α-hetero) is 2. The second-order valence-corrected chi connectivity index (χ2v) is 17.7. The Bertz CT molecular complexity index is 2470. The molecule has 0 aromatic heterocycles. The van der Waals surface area contributed by atoms with E-state index in [0.29, 0.717) is 84.0 Å². The SMILES string of the molecule is C=CC(=O)OCCc1ccc(OC(=O)[C@H]2CC[C@H](C(=O)Oc3ccc(OC(=O)[C@H]4CC[C@H](C(=O)C(=O)c5ccc(CCOC(=O)C=C)cc5)CC4)c4c3SC(=C(C#N)C#N)S4)CC2)cc1. The van der Waals surface area contributed by atoms with Crippen molar-refractivity contribution in [3.63, 3.8) is 0 Å². The van der Waals surface area contributed by atoms with E-state index >= 15 is 0 Å². The lowest BCUT2D eigenvalue weighted by Crippen LogP contribution is -2.31. The van der Waals surface area contributed by atoms with Crippen LogP contribution in [-0.4, -0.2) is 54.6 Å². The summed E-state index contributed by atoms with van der Waals surface area (Å²) in [5, 5.41) is 19.2. The normalized spacial score (nSPS) is 18.6. The van der Waals surface area contributed by atoms with Crippen molar-refractivity contribution in [1.82, 2.24) is 0 Å². The summed E-state index contributed by atoms with van der Waals surface area (Å²) in [5.41, 5.74) is 1.82. The van der Waals surface area contributed by atoms with E-state index < -0.39 is 65.1 Å². The van der Waals surface area contributed by atoms with Gasteiger partial charge in [-0.05, 0) is 86.8 Å². The van der Waals surface area contributed by atoms with Crippen LogP contribution in [0.2, 0.25) is 0 Å². The molecule has 2 saturated carbocycles. The summed E-state index contributed by atoms with van der Waals surface area (Å²) in [5.74, 6) is -4.93. The Labute approximate surface area is 384 Å². The highest BCUT2D eigenvalue weighted by Gasteiger charge is 2.37. The number of nitriles is 2. The molecule has 334 valence electrons. The minimum absolute atomic E-state index is 0.150. The Hall–Kier alpha value is -6.75. The topological polar surface area (TPSA) is 213 Å². The van der Waals surface area contributed by atoms with Gasteiger partial charge in [0.25, 0.3) is 0 Å². The molecule has 0 atom stereocenters. The lowest BCUT2D eigenvalue weighted by atomic mass is 9.78. The van der Waals surface area contributed by atoms with Gasteiger partial charge in [0, 0.05) is 36.5 Å². The van der Waals surface area contributed by atoms with E-state index in [1.54, 1.807) is 48.5 Å². The summed E-state index contributed by atoms with van der Waals surface area (Å²) in [6, 6.07) is 20.2. The van der Waals surface area contributed by atoms with Crippen LogP contribution >= 0.6 is 23.5 Å². The number of carbonyl (C=O) groups is 7. The van der Waals surface area contributed by atoms with Crippen LogP contribution in [0, 0.1) is 46.3 Å². The van der Waals surface area contributed by atoms with E-state index in [4.69, 9.17) is 23.7 Å². The van der Waals surface area contributed by atoms with Gasteiger partial charge in [0.15, 0.2) is 0 Å². The molecule has 2 aliphatic carbocycles. The number of rotatable bonds is 17. The zero-order chi connectivity index (χ0) is 46.5. The lowest BCUT2D eigenvalue weighted by molar-refractivity contribution is -0.145. The smallest absolute Gasteiger partial charge is 0.330 e. The number of hydrogen-bond donors (Lipinski definition) is 0. The van der Waals surface area contributed by atoms with Crippen molar-refractivity contribution in [2.45, 2.75) is 74.0 Å². The van der Waals surface area contributed by atoms with Gasteiger partial charge >= 0.3 is 29.8 Å². The monoisotopic (exact) mass is 916 g/mol. The molecule has 0 N–H and O–H groups in total. The average Bonchev–Trinajstić information content (AvgIpc) is 3.79. The molecule has 0 saturated heterocycles. The fourth-order valence-electron chi connectivity index (χ4n) is 7.58. The molecule has 2 fully saturated rings. The quantitative estimate of drug-likeness (QED) is 0.0312. The van der Waals surface area contributed by atoms with Crippen molar-refractivity contribution in [1.29, 1.82) is 10.5 Å². The number of nitrogens with zero attached hydrogens (tertiary/aromatic N) is 2. The first kappa shape index (κ1) is 47.7. The summed E-state index contributed by atoms with van der Waals surface area (Å²) < 4.78 is 27.7. The largest absolute Gasteiger partial charge is 0.462 e. The van der Waals surface area contributed by atoms with Crippen LogP contribution < -0.4 is 14.2 Å². The van der Waals surface area contributed by atoms with E-state index in [9.17, 15) is 44.1 Å². The third-order valence-corrected chi connectivity index (χ3v) is 13.9. The van der Waals surface area contributed by atoms with Gasteiger partial charge in [0.05, 0.1) is 45.0 Å². The Morgan fingerprint density at radius 3 is 1.38 bits per heavy atom. The number of allylic oxidation sites excluding steroid dienone is 1. The van der Waals surface area contributed by atoms with E-state index in [-0.39, 0.29) is 35.8 Å². The summed E-state index contributed by atoms with van der Waals surface area (Å²) in [4.78, 5) is 89.7. The number of esters is 5. The summed E-state index contributed by atoms with van der Waals surface area (Å²) >= 11 is 2.12. The molecule has 16 heteroatoms. The fourth-order valence-corrected chi connectivity index (χ4v) is 10.1. The van der Waals surface area contributed by atoms with Gasteiger partial charge in [-0.3, -0.25) is 24.0 Å². The van der Waals surface area contributed by atoms with E-state index in [1.807, 2.05) is 12.1 Å². The molecular weight excluding hydrogens is 873 g/mol. The number of ether oxygens (including phenoxy) is 5. The molecule has 0 radical (unpaired) electrons. The Morgan fingerprint density at radius 2 is 0.969 bits per heavy atom. The van der Waals surface area contributed by atoms with E-state index in [1.165, 1.54) is 12.1 Å². The predicted molar refractivity (Wildman–Crippen MR) is 236 cm³/mol.